The van der Waals surface area contributed by atoms with Gasteiger partial charge in [-0.2, -0.15) is 0 Å². The zero-order valence-corrected chi connectivity index (χ0v) is 14.1. The fraction of sp³-hybridized carbons (Fsp3) is 0.214. The van der Waals surface area contributed by atoms with Crippen molar-refractivity contribution in [2.45, 2.75) is 4.21 Å². The van der Waals surface area contributed by atoms with Crippen molar-refractivity contribution in [3.8, 4) is 11.5 Å². The highest BCUT2D eigenvalue weighted by molar-refractivity contribution is 7.94. The summed E-state index contributed by atoms with van der Waals surface area (Å²) in [6.07, 6.45) is 0. The van der Waals surface area contributed by atoms with Crippen molar-refractivity contribution in [1.82, 2.24) is 0 Å². The Morgan fingerprint density at radius 2 is 1.91 bits per heavy atom. The predicted molar refractivity (Wildman–Crippen MR) is 87.4 cm³/mol. The molecule has 0 spiro atoms. The predicted octanol–water partition coefficient (Wildman–Crippen LogP) is 2.59. The van der Waals surface area contributed by atoms with Crippen LogP contribution >= 0.6 is 22.9 Å². The van der Waals surface area contributed by atoms with Gasteiger partial charge in [-0.05, 0) is 24.3 Å². The molecule has 1 aromatic carbocycles. The molecule has 0 bridgehead atoms. The van der Waals surface area contributed by atoms with Crippen LogP contribution in [0.1, 0.15) is 0 Å². The molecule has 0 aliphatic carbocycles. The van der Waals surface area contributed by atoms with Gasteiger partial charge in [-0.3, -0.25) is 4.79 Å². The average Bonchev–Trinajstić information content (AvgIpc) is 2.94. The molecule has 3 rings (SSSR count). The van der Waals surface area contributed by atoms with Crippen molar-refractivity contribution in [2.24, 2.45) is 0 Å². The first-order valence-electron chi connectivity index (χ1n) is 6.62. The van der Waals surface area contributed by atoms with Crippen LogP contribution in [0.4, 0.5) is 5.69 Å². The minimum absolute atomic E-state index is 0.0693. The molecule has 9 heteroatoms. The van der Waals surface area contributed by atoms with Gasteiger partial charge in [0.25, 0.3) is 0 Å². The Hall–Kier alpha value is -1.77. The Bertz CT molecular complexity index is 847. The second kappa shape index (κ2) is 6.38. The summed E-state index contributed by atoms with van der Waals surface area (Å²) < 4.78 is 35.5. The molecular formula is C14H12ClNO5S2. The number of nitrogens with one attached hydrogen (secondary N) is 1. The van der Waals surface area contributed by atoms with Crippen LogP contribution in [0.15, 0.2) is 34.5 Å². The van der Waals surface area contributed by atoms with Gasteiger partial charge in [0, 0.05) is 11.8 Å². The number of amides is 1. The highest BCUT2D eigenvalue weighted by atomic mass is 35.5. The number of hydrogen-bond donors (Lipinski definition) is 1. The lowest BCUT2D eigenvalue weighted by atomic mass is 10.2. The van der Waals surface area contributed by atoms with Gasteiger partial charge < -0.3 is 14.8 Å². The zero-order valence-electron chi connectivity index (χ0n) is 11.7. The number of carbonyl (C=O) groups is 1. The normalized spacial score (nSPS) is 13.6. The van der Waals surface area contributed by atoms with Crippen LogP contribution < -0.4 is 14.8 Å². The van der Waals surface area contributed by atoms with E-state index >= 15 is 0 Å². The Morgan fingerprint density at radius 1 is 1.17 bits per heavy atom. The number of carbonyl (C=O) groups excluding carboxylic acids is 1. The van der Waals surface area contributed by atoms with E-state index in [4.69, 9.17) is 21.1 Å². The SMILES string of the molecule is O=C(CS(=O)(=O)c1ccc(Cl)s1)Nc1ccc2c(c1)OCCO2. The van der Waals surface area contributed by atoms with E-state index in [1.165, 1.54) is 12.1 Å². The lowest BCUT2D eigenvalue weighted by Gasteiger charge is -2.19. The molecule has 1 aromatic heterocycles. The molecule has 1 aliphatic heterocycles. The number of thiophene rings is 1. The Kier molecular flexibility index (Phi) is 4.47. The standard InChI is InChI=1S/C14H12ClNO5S2/c15-12-3-4-14(22-12)23(18,19)8-13(17)16-9-1-2-10-11(7-9)21-6-5-20-10/h1-4,7H,5-6,8H2,(H,16,17). The number of ether oxygens (including phenoxy) is 2. The largest absolute Gasteiger partial charge is 0.486 e. The summed E-state index contributed by atoms with van der Waals surface area (Å²) in [5, 5.41) is 2.54. The van der Waals surface area contributed by atoms with Gasteiger partial charge in [-0.1, -0.05) is 11.6 Å². The van der Waals surface area contributed by atoms with E-state index in [1.54, 1.807) is 18.2 Å². The first kappa shape index (κ1) is 16.1. The molecule has 0 saturated heterocycles. The third-order valence-electron chi connectivity index (χ3n) is 3.00. The van der Waals surface area contributed by atoms with Gasteiger partial charge >= 0.3 is 0 Å². The molecule has 1 N–H and O–H groups in total. The van der Waals surface area contributed by atoms with Crippen molar-refractivity contribution >= 4 is 44.4 Å². The second-order valence-corrected chi connectivity index (χ2v) is 8.66. The summed E-state index contributed by atoms with van der Waals surface area (Å²) in [5.41, 5.74) is 0.443. The molecule has 0 radical (unpaired) electrons. The first-order chi connectivity index (χ1) is 10.9. The van der Waals surface area contributed by atoms with Crippen LogP contribution in [0.25, 0.3) is 0 Å². The first-order valence-corrected chi connectivity index (χ1v) is 9.46. The summed E-state index contributed by atoms with van der Waals surface area (Å²) in [6, 6.07) is 7.76. The van der Waals surface area contributed by atoms with Gasteiger partial charge in [0.1, 0.15) is 23.2 Å². The number of fused-ring (bicyclic) bond motifs is 1. The van der Waals surface area contributed by atoms with Gasteiger partial charge in [0.15, 0.2) is 21.3 Å². The van der Waals surface area contributed by atoms with Gasteiger partial charge in [0.2, 0.25) is 5.91 Å². The lowest BCUT2D eigenvalue weighted by molar-refractivity contribution is -0.113. The van der Waals surface area contributed by atoms with Crippen LogP contribution in [0, 0.1) is 0 Å². The zero-order chi connectivity index (χ0) is 16.4. The lowest BCUT2D eigenvalue weighted by Crippen LogP contribution is -2.22. The molecule has 0 fully saturated rings. The number of hydrogen-bond acceptors (Lipinski definition) is 6. The molecule has 2 heterocycles. The van der Waals surface area contributed by atoms with Crippen LogP contribution in [-0.2, 0) is 14.6 Å². The van der Waals surface area contributed by atoms with Crippen molar-refractivity contribution in [2.75, 3.05) is 24.3 Å². The van der Waals surface area contributed by atoms with Gasteiger partial charge in [-0.25, -0.2) is 8.42 Å². The second-order valence-electron chi connectivity index (χ2n) is 4.72. The number of halogens is 1. The number of benzene rings is 1. The van der Waals surface area contributed by atoms with E-state index in [1.807, 2.05) is 0 Å². The smallest absolute Gasteiger partial charge is 0.239 e. The monoisotopic (exact) mass is 373 g/mol. The molecular weight excluding hydrogens is 362 g/mol. The average molecular weight is 374 g/mol. The van der Waals surface area contributed by atoms with E-state index in [0.29, 0.717) is 34.7 Å². The third kappa shape index (κ3) is 3.77. The number of rotatable bonds is 4. The van der Waals surface area contributed by atoms with Crippen LogP contribution in [0.5, 0.6) is 11.5 Å². The van der Waals surface area contributed by atoms with Crippen molar-refractivity contribution in [3.63, 3.8) is 0 Å². The number of anilines is 1. The van der Waals surface area contributed by atoms with Crippen molar-refractivity contribution in [3.05, 3.63) is 34.7 Å². The Balaban J connectivity index is 1.70. The molecule has 122 valence electrons. The number of sulfone groups is 1. The molecule has 0 atom stereocenters. The highest BCUT2D eigenvalue weighted by Crippen LogP contribution is 2.32. The summed E-state index contributed by atoms with van der Waals surface area (Å²) in [6.45, 7) is 0.901. The maximum atomic E-state index is 12.1. The van der Waals surface area contributed by atoms with E-state index in [0.717, 1.165) is 11.3 Å². The topological polar surface area (TPSA) is 81.7 Å². The quantitative estimate of drug-likeness (QED) is 0.890. The molecule has 2 aromatic rings. The molecule has 0 saturated carbocycles. The fourth-order valence-electron chi connectivity index (χ4n) is 2.03. The fourth-order valence-corrected chi connectivity index (χ4v) is 4.73. The molecule has 6 nitrogen and oxygen atoms in total. The van der Waals surface area contributed by atoms with Gasteiger partial charge in [-0.15, -0.1) is 11.3 Å². The molecule has 1 amide bonds. The van der Waals surface area contributed by atoms with Crippen molar-refractivity contribution < 1.29 is 22.7 Å². The molecule has 23 heavy (non-hydrogen) atoms. The summed E-state index contributed by atoms with van der Waals surface area (Å²) in [5.74, 6) is -0.179. The minimum atomic E-state index is -3.71. The Morgan fingerprint density at radius 3 is 2.61 bits per heavy atom. The minimum Gasteiger partial charge on any atom is -0.486 e. The summed E-state index contributed by atoms with van der Waals surface area (Å²) in [7, 11) is -3.71. The summed E-state index contributed by atoms with van der Waals surface area (Å²) >= 11 is 6.65. The molecule has 0 unspecified atom stereocenters. The van der Waals surface area contributed by atoms with Crippen LogP contribution in [0.3, 0.4) is 0 Å². The third-order valence-corrected chi connectivity index (χ3v) is 6.43. The Labute approximate surface area is 141 Å². The maximum absolute atomic E-state index is 12.1. The van der Waals surface area contributed by atoms with Crippen molar-refractivity contribution in [1.29, 1.82) is 0 Å². The highest BCUT2D eigenvalue weighted by Gasteiger charge is 2.22. The molecule has 1 aliphatic rings. The van der Waals surface area contributed by atoms with Crippen LogP contribution in [-0.4, -0.2) is 33.3 Å². The van der Waals surface area contributed by atoms with E-state index in [9.17, 15) is 13.2 Å². The van der Waals surface area contributed by atoms with Crippen LogP contribution in [0.2, 0.25) is 4.34 Å². The van der Waals surface area contributed by atoms with E-state index < -0.39 is 21.5 Å². The van der Waals surface area contributed by atoms with Gasteiger partial charge in [0.05, 0.1) is 4.34 Å². The van der Waals surface area contributed by atoms with E-state index in [2.05, 4.69) is 5.32 Å². The van der Waals surface area contributed by atoms with E-state index in [-0.39, 0.29) is 4.21 Å². The maximum Gasteiger partial charge on any atom is 0.239 e. The summed E-state index contributed by atoms with van der Waals surface area (Å²) in [4.78, 5) is 12.0.